The van der Waals surface area contributed by atoms with Crippen LogP contribution in [-0.4, -0.2) is 14.3 Å². The maximum Gasteiger partial charge on any atom is 0.263 e. The first-order valence-corrected chi connectivity index (χ1v) is 8.33. The van der Waals surface area contributed by atoms with Crippen LogP contribution in [0.3, 0.4) is 0 Å². The normalized spacial score (nSPS) is 11.2. The number of nitrogens with two attached hydrogens (primary N) is 1. The average Bonchev–Trinajstić information content (AvgIpc) is 2.40. The highest BCUT2D eigenvalue weighted by Gasteiger charge is 2.19. The summed E-state index contributed by atoms with van der Waals surface area (Å²) in [6.45, 7) is 1.79. The number of amides is 1. The molecule has 2 aromatic rings. The third-order valence-electron chi connectivity index (χ3n) is 2.87. The molecule has 0 aliphatic heterocycles. The van der Waals surface area contributed by atoms with Crippen molar-refractivity contribution in [1.29, 1.82) is 0 Å². The van der Waals surface area contributed by atoms with Gasteiger partial charge in [-0.15, -0.1) is 0 Å². The second-order valence-corrected chi connectivity index (χ2v) is 7.06. The Morgan fingerprint density at radius 1 is 1.09 bits per heavy atom. The number of carbonyl (C=O) groups is 1. The number of anilines is 1. The zero-order valence-corrected chi connectivity index (χ0v) is 13.8. The molecule has 0 aliphatic carbocycles. The molecule has 116 valence electrons. The van der Waals surface area contributed by atoms with E-state index in [9.17, 15) is 13.2 Å². The minimum atomic E-state index is -3.94. The van der Waals surface area contributed by atoms with Crippen LogP contribution >= 0.6 is 23.2 Å². The van der Waals surface area contributed by atoms with Crippen LogP contribution in [0, 0.1) is 6.92 Å². The quantitative estimate of drug-likeness (QED) is 0.879. The Labute approximate surface area is 138 Å². The Kier molecular flexibility index (Phi) is 4.65. The van der Waals surface area contributed by atoms with Gasteiger partial charge in [0.2, 0.25) is 5.91 Å². The fourth-order valence-electron chi connectivity index (χ4n) is 1.78. The Morgan fingerprint density at radius 3 is 2.36 bits per heavy atom. The monoisotopic (exact) mass is 358 g/mol. The van der Waals surface area contributed by atoms with Gasteiger partial charge in [-0.3, -0.25) is 9.52 Å². The summed E-state index contributed by atoms with van der Waals surface area (Å²) < 4.78 is 27.1. The van der Waals surface area contributed by atoms with Crippen LogP contribution in [0.5, 0.6) is 0 Å². The Morgan fingerprint density at radius 2 is 1.77 bits per heavy atom. The number of aryl methyl sites for hydroxylation is 1. The average molecular weight is 359 g/mol. The van der Waals surface area contributed by atoms with Gasteiger partial charge in [-0.25, -0.2) is 8.42 Å². The molecule has 0 fully saturated rings. The molecule has 0 unspecified atom stereocenters. The number of hydrogen-bond donors (Lipinski definition) is 2. The molecular weight excluding hydrogens is 347 g/mol. The van der Waals surface area contributed by atoms with E-state index in [1.807, 2.05) is 0 Å². The van der Waals surface area contributed by atoms with Gasteiger partial charge in [0.15, 0.2) is 0 Å². The molecule has 0 saturated carbocycles. The molecule has 0 spiro atoms. The lowest BCUT2D eigenvalue weighted by Gasteiger charge is -2.12. The minimum Gasteiger partial charge on any atom is -0.366 e. The highest BCUT2D eigenvalue weighted by atomic mass is 35.5. The Bertz CT molecular complexity index is 851. The second-order valence-electron chi connectivity index (χ2n) is 4.60. The molecule has 5 nitrogen and oxygen atoms in total. The molecule has 0 heterocycles. The maximum absolute atomic E-state index is 12.4. The molecule has 0 saturated heterocycles. The van der Waals surface area contributed by atoms with Gasteiger partial charge in [0.1, 0.15) is 4.90 Å². The van der Waals surface area contributed by atoms with E-state index in [0.717, 1.165) is 5.56 Å². The topological polar surface area (TPSA) is 89.3 Å². The first-order valence-electron chi connectivity index (χ1n) is 6.09. The van der Waals surface area contributed by atoms with Crippen molar-refractivity contribution in [2.75, 3.05) is 4.72 Å². The van der Waals surface area contributed by atoms with E-state index in [-0.39, 0.29) is 26.2 Å². The van der Waals surface area contributed by atoms with Crippen molar-refractivity contribution in [3.63, 3.8) is 0 Å². The van der Waals surface area contributed by atoms with Gasteiger partial charge in [0.05, 0.1) is 15.7 Å². The van der Waals surface area contributed by atoms with Crippen LogP contribution in [0.1, 0.15) is 15.9 Å². The molecule has 0 aromatic heterocycles. The zero-order chi connectivity index (χ0) is 16.5. The lowest BCUT2D eigenvalue weighted by atomic mass is 10.2. The van der Waals surface area contributed by atoms with E-state index in [2.05, 4.69) is 4.72 Å². The van der Waals surface area contributed by atoms with Gasteiger partial charge in [-0.05, 0) is 42.8 Å². The summed E-state index contributed by atoms with van der Waals surface area (Å²) in [4.78, 5) is 11.1. The van der Waals surface area contributed by atoms with Crippen molar-refractivity contribution in [2.24, 2.45) is 5.73 Å². The first-order chi connectivity index (χ1) is 10.2. The molecule has 0 bridgehead atoms. The molecule has 0 atom stereocenters. The molecule has 22 heavy (non-hydrogen) atoms. The van der Waals surface area contributed by atoms with Gasteiger partial charge in [-0.2, -0.15) is 0 Å². The highest BCUT2D eigenvalue weighted by molar-refractivity contribution is 7.92. The van der Waals surface area contributed by atoms with Crippen LogP contribution in [-0.2, 0) is 10.0 Å². The summed E-state index contributed by atoms with van der Waals surface area (Å²) in [7, 11) is -3.94. The van der Waals surface area contributed by atoms with E-state index >= 15 is 0 Å². The van der Waals surface area contributed by atoms with Crippen LogP contribution < -0.4 is 10.5 Å². The van der Waals surface area contributed by atoms with E-state index in [1.54, 1.807) is 13.0 Å². The lowest BCUT2D eigenvalue weighted by Crippen LogP contribution is -2.16. The number of sulfonamides is 1. The van der Waals surface area contributed by atoms with Crippen molar-refractivity contribution in [1.82, 2.24) is 0 Å². The van der Waals surface area contributed by atoms with Crippen molar-refractivity contribution in [2.45, 2.75) is 11.8 Å². The van der Waals surface area contributed by atoms with Gasteiger partial charge < -0.3 is 5.73 Å². The molecule has 8 heteroatoms. The number of hydrogen-bond acceptors (Lipinski definition) is 3. The largest absolute Gasteiger partial charge is 0.366 e. The fourth-order valence-corrected chi connectivity index (χ4v) is 3.67. The lowest BCUT2D eigenvalue weighted by molar-refractivity contribution is 0.100. The van der Waals surface area contributed by atoms with Crippen molar-refractivity contribution in [3.05, 3.63) is 57.6 Å². The summed E-state index contributed by atoms with van der Waals surface area (Å²) in [5, 5.41) is 0.228. The summed E-state index contributed by atoms with van der Waals surface area (Å²) in [5.41, 5.74) is 6.19. The predicted molar refractivity (Wildman–Crippen MR) is 87.0 cm³/mol. The number of primary amides is 1. The Balaban J connectivity index is 2.45. The SMILES string of the molecule is Cc1ccc(S(=O)(=O)Nc2cc(C(N)=O)ccc2Cl)c(Cl)c1. The van der Waals surface area contributed by atoms with E-state index in [0.29, 0.717) is 0 Å². The van der Waals surface area contributed by atoms with E-state index < -0.39 is 15.9 Å². The van der Waals surface area contributed by atoms with Crippen LogP contribution in [0.2, 0.25) is 10.0 Å². The van der Waals surface area contributed by atoms with E-state index in [1.165, 1.54) is 30.3 Å². The molecule has 0 aliphatic rings. The van der Waals surface area contributed by atoms with Crippen molar-refractivity contribution >= 4 is 44.8 Å². The molecule has 2 rings (SSSR count). The van der Waals surface area contributed by atoms with Crippen molar-refractivity contribution in [3.8, 4) is 0 Å². The van der Waals surface area contributed by atoms with Gasteiger partial charge >= 0.3 is 0 Å². The maximum atomic E-state index is 12.4. The second kappa shape index (κ2) is 6.16. The summed E-state index contributed by atoms with van der Waals surface area (Å²) in [6, 6.07) is 8.62. The summed E-state index contributed by atoms with van der Waals surface area (Å²) >= 11 is 11.9. The predicted octanol–water partition coefficient (Wildman–Crippen LogP) is 3.20. The fraction of sp³-hybridized carbons (Fsp3) is 0.0714. The van der Waals surface area contributed by atoms with Crippen LogP contribution in [0.4, 0.5) is 5.69 Å². The Hall–Kier alpha value is -1.76. The van der Waals surface area contributed by atoms with E-state index in [4.69, 9.17) is 28.9 Å². The first kappa shape index (κ1) is 16.6. The molecular formula is C14H12Cl2N2O3S. The third-order valence-corrected chi connectivity index (χ3v) is 5.05. The number of carbonyl (C=O) groups excluding carboxylic acids is 1. The molecule has 0 radical (unpaired) electrons. The summed E-state index contributed by atoms with van der Waals surface area (Å²) in [6.07, 6.45) is 0. The third kappa shape index (κ3) is 3.52. The number of rotatable bonds is 4. The van der Waals surface area contributed by atoms with Gasteiger partial charge in [0.25, 0.3) is 10.0 Å². The number of nitrogens with one attached hydrogen (secondary N) is 1. The number of benzene rings is 2. The number of halogens is 2. The standard InChI is InChI=1S/C14H12Cl2N2O3S/c1-8-2-5-13(11(16)6-8)22(20,21)18-12-7-9(14(17)19)3-4-10(12)15/h2-7,18H,1H3,(H2,17,19). The van der Waals surface area contributed by atoms with Gasteiger partial charge in [0, 0.05) is 5.56 Å². The van der Waals surface area contributed by atoms with Crippen molar-refractivity contribution < 1.29 is 13.2 Å². The van der Waals surface area contributed by atoms with Crippen LogP contribution in [0.25, 0.3) is 0 Å². The smallest absolute Gasteiger partial charge is 0.263 e. The highest BCUT2D eigenvalue weighted by Crippen LogP contribution is 2.28. The molecule has 1 amide bonds. The minimum absolute atomic E-state index is 0.0506. The molecule has 3 N–H and O–H groups in total. The molecule has 2 aromatic carbocycles. The summed E-state index contributed by atoms with van der Waals surface area (Å²) in [5.74, 6) is -0.689. The van der Waals surface area contributed by atoms with Gasteiger partial charge in [-0.1, -0.05) is 29.3 Å². The zero-order valence-electron chi connectivity index (χ0n) is 11.4. The van der Waals surface area contributed by atoms with Crippen LogP contribution in [0.15, 0.2) is 41.3 Å².